The smallest absolute Gasteiger partial charge is 0.126 e. The fraction of sp³-hybridized carbons (Fsp3) is 0.333. The van der Waals surface area contributed by atoms with Gasteiger partial charge in [0.1, 0.15) is 17.8 Å². The van der Waals surface area contributed by atoms with Crippen molar-refractivity contribution in [3.05, 3.63) is 118 Å². The lowest BCUT2D eigenvalue weighted by Gasteiger charge is -2.40. The van der Waals surface area contributed by atoms with E-state index in [1.54, 1.807) is 0 Å². The molecule has 0 amide bonds. The van der Waals surface area contributed by atoms with Crippen LogP contribution in [0.15, 0.2) is 96.1 Å². The predicted octanol–water partition coefficient (Wildman–Crippen LogP) is 4.41. The molecular weight excluding hydrogens is 446 g/mol. The van der Waals surface area contributed by atoms with E-state index in [0.717, 1.165) is 16.7 Å². The van der Waals surface area contributed by atoms with Crippen LogP contribution in [0.25, 0.3) is 10.4 Å². The molecule has 0 bridgehead atoms. The van der Waals surface area contributed by atoms with Crippen molar-refractivity contribution in [2.75, 3.05) is 19.8 Å². The van der Waals surface area contributed by atoms with Crippen LogP contribution < -0.4 is 0 Å². The third kappa shape index (κ3) is 8.19. The van der Waals surface area contributed by atoms with E-state index in [4.69, 9.17) is 19.7 Å². The summed E-state index contributed by atoms with van der Waals surface area (Å²) >= 11 is 0. The molecule has 2 N–H and O–H groups in total. The normalized spacial score (nSPS) is 14.5. The lowest BCUT2D eigenvalue weighted by molar-refractivity contribution is -0.209. The fourth-order valence-electron chi connectivity index (χ4n) is 3.69. The lowest BCUT2D eigenvalue weighted by atomic mass is 9.92. The van der Waals surface area contributed by atoms with Gasteiger partial charge in [0.05, 0.1) is 39.6 Å². The van der Waals surface area contributed by atoms with E-state index in [1.165, 1.54) is 0 Å². The summed E-state index contributed by atoms with van der Waals surface area (Å²) in [7, 11) is 0. The number of hydrogen-bond acceptors (Lipinski definition) is 6. The Morgan fingerprint density at radius 1 is 0.800 bits per heavy atom. The summed E-state index contributed by atoms with van der Waals surface area (Å²) in [6.07, 6.45) is -2.21. The zero-order chi connectivity index (χ0) is 24.8. The highest BCUT2D eigenvalue weighted by molar-refractivity contribution is 5.15. The number of rotatable bonds is 15. The highest BCUT2D eigenvalue weighted by Crippen LogP contribution is 2.26. The zero-order valence-corrected chi connectivity index (χ0v) is 19.5. The Morgan fingerprint density at radius 3 is 1.83 bits per heavy atom. The molecule has 0 saturated carbocycles. The summed E-state index contributed by atoms with van der Waals surface area (Å²) < 4.78 is 18.0. The van der Waals surface area contributed by atoms with Crippen molar-refractivity contribution in [1.82, 2.24) is 0 Å². The third-order valence-corrected chi connectivity index (χ3v) is 5.58. The number of ether oxygens (including phenoxy) is 3. The van der Waals surface area contributed by atoms with Gasteiger partial charge in [0, 0.05) is 4.91 Å². The topological polar surface area (TPSA) is 117 Å². The van der Waals surface area contributed by atoms with Gasteiger partial charge in [0.25, 0.3) is 0 Å². The second-order valence-electron chi connectivity index (χ2n) is 8.17. The zero-order valence-electron chi connectivity index (χ0n) is 19.5. The summed E-state index contributed by atoms with van der Waals surface area (Å²) in [5.74, 6) is 0. The third-order valence-electron chi connectivity index (χ3n) is 5.58. The molecule has 184 valence electrons. The van der Waals surface area contributed by atoms with Gasteiger partial charge in [-0.25, -0.2) is 0 Å². The molecule has 0 aromatic heterocycles. The minimum Gasteiger partial charge on any atom is -0.393 e. The van der Waals surface area contributed by atoms with E-state index < -0.39 is 24.4 Å². The molecule has 0 aliphatic rings. The van der Waals surface area contributed by atoms with E-state index in [2.05, 4.69) is 10.0 Å². The molecule has 0 fully saturated rings. The Balaban J connectivity index is 1.80. The van der Waals surface area contributed by atoms with Crippen LogP contribution in [-0.2, 0) is 34.0 Å². The molecule has 0 radical (unpaired) electrons. The summed E-state index contributed by atoms with van der Waals surface area (Å²) in [4.78, 5) is 2.85. The molecule has 0 spiro atoms. The Kier molecular flexibility index (Phi) is 10.7. The SMILES string of the molecule is [N-]=[N+]=NC[C@](CO)(OCc1ccccc1)[C@@H](OCc1ccccc1)[C@@H](O)COCc1ccccc1. The van der Waals surface area contributed by atoms with Crippen LogP contribution in [0.2, 0.25) is 0 Å². The van der Waals surface area contributed by atoms with Crippen LogP contribution in [0.5, 0.6) is 0 Å². The Hall–Kier alpha value is -3.23. The summed E-state index contributed by atoms with van der Waals surface area (Å²) in [6.45, 7) is -0.243. The van der Waals surface area contributed by atoms with Gasteiger partial charge in [0.15, 0.2) is 0 Å². The van der Waals surface area contributed by atoms with Crippen molar-refractivity contribution in [1.29, 1.82) is 0 Å². The highest BCUT2D eigenvalue weighted by Gasteiger charge is 2.44. The molecule has 3 aromatic rings. The van der Waals surface area contributed by atoms with Gasteiger partial charge < -0.3 is 24.4 Å². The minimum atomic E-state index is -1.49. The predicted molar refractivity (Wildman–Crippen MR) is 132 cm³/mol. The summed E-state index contributed by atoms with van der Waals surface area (Å²) in [5, 5.41) is 25.3. The second kappa shape index (κ2) is 14.2. The molecule has 3 rings (SSSR count). The molecule has 3 atom stereocenters. The van der Waals surface area contributed by atoms with Crippen LogP contribution in [0.4, 0.5) is 0 Å². The van der Waals surface area contributed by atoms with Crippen molar-refractivity contribution in [3.8, 4) is 0 Å². The van der Waals surface area contributed by atoms with Crippen LogP contribution in [0, 0.1) is 0 Å². The largest absolute Gasteiger partial charge is 0.393 e. The molecule has 0 aliphatic heterocycles. The Morgan fingerprint density at radius 2 is 1.31 bits per heavy atom. The van der Waals surface area contributed by atoms with Crippen LogP contribution >= 0.6 is 0 Å². The van der Waals surface area contributed by atoms with Crippen LogP contribution in [0.1, 0.15) is 16.7 Å². The summed E-state index contributed by atoms with van der Waals surface area (Å²) in [5.41, 5.74) is 10.2. The molecule has 0 aliphatic carbocycles. The second-order valence-corrected chi connectivity index (χ2v) is 8.17. The molecule has 8 nitrogen and oxygen atoms in total. The summed E-state index contributed by atoms with van der Waals surface area (Å²) in [6, 6.07) is 28.5. The maximum atomic E-state index is 11.2. The number of azide groups is 1. The molecule has 8 heteroatoms. The van der Waals surface area contributed by atoms with Crippen LogP contribution in [0.3, 0.4) is 0 Å². The number of nitrogens with zero attached hydrogens (tertiary/aromatic N) is 3. The molecule has 0 unspecified atom stereocenters. The van der Waals surface area contributed by atoms with Gasteiger partial charge in [-0.05, 0) is 22.2 Å². The number of aliphatic hydroxyl groups is 2. The van der Waals surface area contributed by atoms with E-state index in [9.17, 15) is 10.2 Å². The molecule has 0 heterocycles. The van der Waals surface area contributed by atoms with E-state index in [-0.39, 0.29) is 26.4 Å². The molecule has 35 heavy (non-hydrogen) atoms. The Labute approximate surface area is 205 Å². The van der Waals surface area contributed by atoms with E-state index in [1.807, 2.05) is 91.0 Å². The standard InChI is InChI=1S/C27H31N3O5/c28-30-29-20-27(21-31,35-18-24-14-8-3-9-15-24)26(34-17-23-12-6-2-7-13-23)25(32)19-33-16-22-10-4-1-5-11-22/h1-15,25-26,31-32H,16-21H2/t25-,26-,27+/m0/s1. The van der Waals surface area contributed by atoms with Crippen LogP contribution in [-0.4, -0.2) is 47.8 Å². The number of benzene rings is 3. The number of aliphatic hydroxyl groups excluding tert-OH is 2. The van der Waals surface area contributed by atoms with Gasteiger partial charge >= 0.3 is 0 Å². The monoisotopic (exact) mass is 477 g/mol. The molecular formula is C27H31N3O5. The quantitative estimate of drug-likeness (QED) is 0.191. The first kappa shape index (κ1) is 26.4. The molecule has 0 saturated heterocycles. The van der Waals surface area contributed by atoms with Gasteiger partial charge in [-0.3, -0.25) is 0 Å². The van der Waals surface area contributed by atoms with Crippen molar-refractivity contribution < 1.29 is 24.4 Å². The van der Waals surface area contributed by atoms with Gasteiger partial charge in [-0.15, -0.1) is 0 Å². The average Bonchev–Trinajstić information content (AvgIpc) is 2.92. The van der Waals surface area contributed by atoms with E-state index >= 15 is 0 Å². The number of hydrogen-bond donors (Lipinski definition) is 2. The van der Waals surface area contributed by atoms with Crippen molar-refractivity contribution in [2.45, 2.75) is 37.6 Å². The highest BCUT2D eigenvalue weighted by atomic mass is 16.6. The minimum absolute atomic E-state index is 0.0684. The first-order chi connectivity index (χ1) is 17.2. The first-order valence-electron chi connectivity index (χ1n) is 11.4. The first-order valence-corrected chi connectivity index (χ1v) is 11.4. The Bertz CT molecular complexity index is 1030. The maximum absolute atomic E-state index is 11.2. The van der Waals surface area contributed by atoms with E-state index in [0.29, 0.717) is 6.61 Å². The lowest BCUT2D eigenvalue weighted by Crippen LogP contribution is -2.58. The maximum Gasteiger partial charge on any atom is 0.126 e. The van der Waals surface area contributed by atoms with Crippen molar-refractivity contribution in [3.63, 3.8) is 0 Å². The van der Waals surface area contributed by atoms with Gasteiger partial charge in [0.2, 0.25) is 0 Å². The van der Waals surface area contributed by atoms with Gasteiger partial charge in [-0.2, -0.15) is 0 Å². The van der Waals surface area contributed by atoms with Crippen molar-refractivity contribution in [2.24, 2.45) is 5.11 Å². The van der Waals surface area contributed by atoms with Crippen molar-refractivity contribution >= 4 is 0 Å². The van der Waals surface area contributed by atoms with Gasteiger partial charge in [-0.1, -0.05) is 96.1 Å². The fourth-order valence-corrected chi connectivity index (χ4v) is 3.69. The molecule has 3 aromatic carbocycles. The average molecular weight is 478 g/mol.